The first kappa shape index (κ1) is 13.8. The predicted octanol–water partition coefficient (Wildman–Crippen LogP) is 0.349. The van der Waals surface area contributed by atoms with E-state index in [4.69, 9.17) is 4.74 Å². The molecule has 0 radical (unpaired) electrons. The van der Waals surface area contributed by atoms with Crippen LogP contribution >= 0.6 is 0 Å². The highest BCUT2D eigenvalue weighted by molar-refractivity contribution is 7.91. The van der Waals surface area contributed by atoms with E-state index in [1.54, 1.807) is 18.3 Å². The molecule has 0 N–H and O–H groups in total. The molecule has 1 saturated heterocycles. The van der Waals surface area contributed by atoms with Crippen molar-refractivity contribution in [2.75, 3.05) is 26.5 Å². The fraction of sp³-hybridized carbons (Fsp3) is 0.500. The molecule has 2 rings (SSSR count). The van der Waals surface area contributed by atoms with Gasteiger partial charge in [0.25, 0.3) is 5.91 Å². The molecule has 1 fully saturated rings. The van der Waals surface area contributed by atoms with E-state index in [1.165, 1.54) is 18.3 Å². The minimum absolute atomic E-state index is 0.232. The summed E-state index contributed by atoms with van der Waals surface area (Å²) >= 11 is 0. The lowest BCUT2D eigenvalue weighted by atomic mass is 10.2. The second-order valence-corrected chi connectivity index (χ2v) is 6.88. The van der Waals surface area contributed by atoms with Crippen molar-refractivity contribution in [3.8, 4) is 5.88 Å². The summed E-state index contributed by atoms with van der Waals surface area (Å²) in [5.74, 6) is 0.0198. The van der Waals surface area contributed by atoms with Crippen LogP contribution in [-0.2, 0) is 9.84 Å². The molecule has 0 bridgehead atoms. The Kier molecular flexibility index (Phi) is 3.75. The lowest BCUT2D eigenvalue weighted by molar-refractivity contribution is 0.0789. The quantitative estimate of drug-likeness (QED) is 0.800. The van der Waals surface area contributed by atoms with Crippen LogP contribution in [0, 0.1) is 0 Å². The normalized spacial score (nSPS) is 19.5. The summed E-state index contributed by atoms with van der Waals surface area (Å²) in [4.78, 5) is 17.8. The van der Waals surface area contributed by atoms with Gasteiger partial charge < -0.3 is 9.64 Å². The maximum Gasteiger partial charge on any atom is 0.259 e. The number of carbonyl (C=O) groups is 1. The number of ether oxygens (including phenoxy) is 1. The van der Waals surface area contributed by atoms with Crippen LogP contribution in [0.15, 0.2) is 18.3 Å². The number of amides is 1. The zero-order valence-corrected chi connectivity index (χ0v) is 11.7. The minimum atomic E-state index is -3.11. The van der Waals surface area contributed by atoms with Gasteiger partial charge in [-0.3, -0.25) is 4.79 Å². The van der Waals surface area contributed by atoms with Gasteiger partial charge >= 0.3 is 0 Å². The first-order chi connectivity index (χ1) is 8.93. The molecule has 6 nitrogen and oxygen atoms in total. The molecule has 7 heteroatoms. The van der Waals surface area contributed by atoms with E-state index in [2.05, 4.69) is 4.98 Å². The average molecular weight is 284 g/mol. The summed E-state index contributed by atoms with van der Waals surface area (Å²) < 4.78 is 28.0. The number of aromatic nitrogens is 1. The molecule has 104 valence electrons. The summed E-state index contributed by atoms with van der Waals surface area (Å²) in [6.45, 7) is 0.671. The lowest BCUT2D eigenvalue weighted by Gasteiger charge is -2.17. The third-order valence-electron chi connectivity index (χ3n) is 3.23. The number of hydrogen-bond donors (Lipinski definition) is 0. The van der Waals surface area contributed by atoms with E-state index in [-0.39, 0.29) is 18.3 Å². The van der Waals surface area contributed by atoms with Crippen molar-refractivity contribution in [1.82, 2.24) is 9.88 Å². The van der Waals surface area contributed by atoms with Crippen LogP contribution in [0.4, 0.5) is 0 Å². The highest BCUT2D eigenvalue weighted by Crippen LogP contribution is 2.22. The Balaban J connectivity index is 2.18. The van der Waals surface area contributed by atoms with Crippen LogP contribution in [0.3, 0.4) is 0 Å². The average Bonchev–Trinajstić information content (AvgIpc) is 2.87. The molecule has 1 aliphatic heterocycles. The van der Waals surface area contributed by atoms with Crippen LogP contribution in [0.1, 0.15) is 16.8 Å². The largest absolute Gasteiger partial charge is 0.480 e. The van der Waals surface area contributed by atoms with Crippen LogP contribution in [0.5, 0.6) is 5.88 Å². The Hall–Kier alpha value is -1.63. The molecule has 1 atom stereocenters. The first-order valence-corrected chi connectivity index (χ1v) is 7.86. The maximum atomic E-state index is 12.3. The van der Waals surface area contributed by atoms with Gasteiger partial charge in [-0.05, 0) is 18.6 Å². The Labute approximate surface area is 112 Å². The molecule has 1 aromatic heterocycles. The summed E-state index contributed by atoms with van der Waals surface area (Å²) in [5.41, 5.74) is 0.360. The molecule has 0 aliphatic carbocycles. The van der Waals surface area contributed by atoms with E-state index in [9.17, 15) is 13.2 Å². The molecule has 2 heterocycles. The molecule has 1 aliphatic rings. The molecule has 19 heavy (non-hydrogen) atoms. The Morgan fingerprint density at radius 1 is 1.53 bits per heavy atom. The van der Waals surface area contributed by atoms with Gasteiger partial charge in [0.05, 0.1) is 12.4 Å². The SMILES string of the molecule is COc1ncccc1C(=O)N1CCC(S(C)(=O)=O)C1. The van der Waals surface area contributed by atoms with Crippen molar-refractivity contribution in [3.05, 3.63) is 23.9 Å². The van der Waals surface area contributed by atoms with Crippen molar-refractivity contribution in [1.29, 1.82) is 0 Å². The summed E-state index contributed by atoms with van der Waals surface area (Å²) in [5, 5.41) is -0.473. The summed E-state index contributed by atoms with van der Waals surface area (Å²) in [6.07, 6.45) is 3.22. The predicted molar refractivity (Wildman–Crippen MR) is 69.9 cm³/mol. The molecule has 0 saturated carbocycles. The fourth-order valence-corrected chi connectivity index (χ4v) is 3.13. The number of methoxy groups -OCH3 is 1. The van der Waals surface area contributed by atoms with Crippen molar-refractivity contribution in [2.24, 2.45) is 0 Å². The van der Waals surface area contributed by atoms with Crippen molar-refractivity contribution in [2.45, 2.75) is 11.7 Å². The van der Waals surface area contributed by atoms with E-state index >= 15 is 0 Å². The van der Waals surface area contributed by atoms with Gasteiger partial charge in [0.15, 0.2) is 9.84 Å². The topological polar surface area (TPSA) is 76.6 Å². The van der Waals surface area contributed by atoms with Crippen molar-refractivity contribution in [3.63, 3.8) is 0 Å². The number of rotatable bonds is 3. The molecule has 1 unspecified atom stereocenters. The number of carbonyl (C=O) groups excluding carboxylic acids is 1. The van der Waals surface area contributed by atoms with Gasteiger partial charge in [-0.15, -0.1) is 0 Å². The van der Waals surface area contributed by atoms with Gasteiger partial charge in [0, 0.05) is 25.5 Å². The second kappa shape index (κ2) is 5.16. The Morgan fingerprint density at radius 2 is 2.26 bits per heavy atom. The number of nitrogens with zero attached hydrogens (tertiary/aromatic N) is 2. The number of hydrogen-bond acceptors (Lipinski definition) is 5. The molecular weight excluding hydrogens is 268 g/mol. The van der Waals surface area contributed by atoms with Gasteiger partial charge in [0.1, 0.15) is 5.56 Å². The summed E-state index contributed by atoms with van der Waals surface area (Å²) in [6, 6.07) is 3.28. The molecule has 1 amide bonds. The molecule has 1 aromatic rings. The van der Waals surface area contributed by atoms with Crippen LogP contribution in [0.25, 0.3) is 0 Å². The smallest absolute Gasteiger partial charge is 0.259 e. The maximum absolute atomic E-state index is 12.3. The van der Waals surface area contributed by atoms with Crippen molar-refractivity contribution >= 4 is 15.7 Å². The highest BCUT2D eigenvalue weighted by Gasteiger charge is 2.33. The zero-order valence-electron chi connectivity index (χ0n) is 10.9. The van der Waals surface area contributed by atoms with Crippen LogP contribution in [0.2, 0.25) is 0 Å². The number of pyridine rings is 1. The van der Waals surface area contributed by atoms with E-state index < -0.39 is 15.1 Å². The van der Waals surface area contributed by atoms with Gasteiger partial charge in [-0.25, -0.2) is 13.4 Å². The number of likely N-dealkylation sites (tertiary alicyclic amines) is 1. The second-order valence-electron chi connectivity index (χ2n) is 4.55. The van der Waals surface area contributed by atoms with E-state index in [0.29, 0.717) is 18.5 Å². The Morgan fingerprint density at radius 3 is 2.84 bits per heavy atom. The monoisotopic (exact) mass is 284 g/mol. The molecule has 0 aromatic carbocycles. The fourth-order valence-electron chi connectivity index (χ4n) is 2.15. The zero-order chi connectivity index (χ0) is 14.0. The molecular formula is C12H16N2O4S. The standard InChI is InChI=1S/C12H16N2O4S/c1-18-11-10(4-3-6-13-11)12(15)14-7-5-9(8-14)19(2,16)17/h3-4,6,9H,5,7-8H2,1-2H3. The van der Waals surface area contributed by atoms with Crippen LogP contribution < -0.4 is 4.74 Å². The van der Waals surface area contributed by atoms with Crippen molar-refractivity contribution < 1.29 is 17.9 Å². The van der Waals surface area contributed by atoms with Gasteiger partial charge in [0.2, 0.25) is 5.88 Å². The van der Waals surface area contributed by atoms with E-state index in [1.807, 2.05) is 0 Å². The molecule has 0 spiro atoms. The Bertz CT molecular complexity index is 585. The van der Waals surface area contributed by atoms with Crippen LogP contribution in [-0.4, -0.2) is 55.9 Å². The first-order valence-electron chi connectivity index (χ1n) is 5.90. The minimum Gasteiger partial charge on any atom is -0.480 e. The third kappa shape index (κ3) is 2.86. The van der Waals surface area contributed by atoms with Gasteiger partial charge in [-0.1, -0.05) is 0 Å². The highest BCUT2D eigenvalue weighted by atomic mass is 32.2. The summed E-state index contributed by atoms with van der Waals surface area (Å²) in [7, 11) is -1.66. The lowest BCUT2D eigenvalue weighted by Crippen LogP contribution is -2.31. The van der Waals surface area contributed by atoms with Gasteiger partial charge in [-0.2, -0.15) is 0 Å². The number of sulfone groups is 1. The third-order valence-corrected chi connectivity index (χ3v) is 4.83. The van der Waals surface area contributed by atoms with E-state index in [0.717, 1.165) is 0 Å².